The van der Waals surface area contributed by atoms with Crippen molar-refractivity contribution in [1.82, 2.24) is 9.21 Å². The zero-order chi connectivity index (χ0) is 21.6. The fourth-order valence-corrected chi connectivity index (χ4v) is 5.30. The van der Waals surface area contributed by atoms with E-state index < -0.39 is 10.0 Å². The zero-order valence-corrected chi connectivity index (χ0v) is 18.6. The number of ether oxygens (including phenoxy) is 3. The predicted octanol–water partition coefficient (Wildman–Crippen LogP) is 1.75. The molecule has 2 heterocycles. The van der Waals surface area contributed by atoms with Crippen molar-refractivity contribution in [3.05, 3.63) is 24.3 Å². The van der Waals surface area contributed by atoms with Crippen LogP contribution in [0.4, 0.5) is 0 Å². The van der Waals surface area contributed by atoms with E-state index in [9.17, 15) is 13.2 Å². The van der Waals surface area contributed by atoms with Crippen LogP contribution < -0.4 is 4.74 Å². The summed E-state index contributed by atoms with van der Waals surface area (Å²) in [5, 5.41) is 0. The van der Waals surface area contributed by atoms with Gasteiger partial charge in [-0.05, 0) is 56.1 Å². The van der Waals surface area contributed by atoms with Crippen LogP contribution >= 0.6 is 0 Å². The molecular formula is C21H32N2O6S. The lowest BCUT2D eigenvalue weighted by molar-refractivity contribution is -0.152. The summed E-state index contributed by atoms with van der Waals surface area (Å²) < 4.78 is 43.0. The Hall–Kier alpha value is -1.68. The molecule has 0 radical (unpaired) electrons. The molecule has 1 aromatic rings. The number of likely N-dealkylation sites (tertiary alicyclic amines) is 1. The average molecular weight is 441 g/mol. The number of hydrogen-bond donors (Lipinski definition) is 0. The molecule has 168 valence electrons. The molecule has 0 aromatic heterocycles. The number of sulfonamides is 1. The number of morpholine rings is 1. The molecule has 0 spiro atoms. The third-order valence-electron chi connectivity index (χ3n) is 5.43. The molecule has 1 atom stereocenters. The van der Waals surface area contributed by atoms with Gasteiger partial charge in [-0.1, -0.05) is 13.8 Å². The van der Waals surface area contributed by atoms with Gasteiger partial charge in [0, 0.05) is 13.1 Å². The zero-order valence-electron chi connectivity index (χ0n) is 17.8. The van der Waals surface area contributed by atoms with Crippen molar-refractivity contribution < 1.29 is 27.4 Å². The van der Waals surface area contributed by atoms with Crippen LogP contribution in [-0.2, 0) is 24.3 Å². The first kappa shape index (κ1) is 23.0. The molecule has 1 aromatic carbocycles. The lowest BCUT2D eigenvalue weighted by Gasteiger charge is -2.28. The number of hydrogen-bond acceptors (Lipinski definition) is 7. The monoisotopic (exact) mass is 440 g/mol. The standard InChI is InChI=1S/C21H32N2O6S/c1-17(2)20(22-9-3-4-10-22)21(24)29-16-15-28-18-5-7-19(8-6-18)30(25,26)23-11-13-27-14-12-23/h5-8,17,20H,3-4,9-16H2,1-2H3/t20-/m1/s1. The fourth-order valence-electron chi connectivity index (χ4n) is 3.89. The summed E-state index contributed by atoms with van der Waals surface area (Å²) in [7, 11) is -3.52. The van der Waals surface area contributed by atoms with E-state index in [1.54, 1.807) is 12.1 Å². The molecule has 2 fully saturated rings. The maximum absolute atomic E-state index is 12.6. The SMILES string of the molecule is CC(C)[C@H](C(=O)OCCOc1ccc(S(=O)(=O)N2CCOCC2)cc1)N1CCCC1. The lowest BCUT2D eigenvalue weighted by Crippen LogP contribution is -2.44. The number of nitrogens with zero attached hydrogens (tertiary/aromatic N) is 2. The second-order valence-electron chi connectivity index (χ2n) is 7.94. The van der Waals surface area contributed by atoms with Crippen molar-refractivity contribution >= 4 is 16.0 Å². The molecular weight excluding hydrogens is 408 g/mol. The average Bonchev–Trinajstić information content (AvgIpc) is 3.26. The van der Waals surface area contributed by atoms with Crippen LogP contribution in [0.1, 0.15) is 26.7 Å². The van der Waals surface area contributed by atoms with Gasteiger partial charge in [0.2, 0.25) is 10.0 Å². The van der Waals surface area contributed by atoms with Crippen LogP contribution in [0.5, 0.6) is 5.75 Å². The molecule has 2 aliphatic rings. The van der Waals surface area contributed by atoms with Gasteiger partial charge in [0.25, 0.3) is 0 Å². The van der Waals surface area contributed by atoms with Gasteiger partial charge in [0.05, 0.1) is 18.1 Å². The van der Waals surface area contributed by atoms with Gasteiger partial charge in [0.1, 0.15) is 25.0 Å². The minimum atomic E-state index is -3.52. The van der Waals surface area contributed by atoms with Crippen molar-refractivity contribution in [2.45, 2.75) is 37.6 Å². The second kappa shape index (κ2) is 10.6. The van der Waals surface area contributed by atoms with Gasteiger partial charge in [0.15, 0.2) is 0 Å². The summed E-state index contributed by atoms with van der Waals surface area (Å²) in [6, 6.07) is 6.10. The predicted molar refractivity (Wildman–Crippen MR) is 112 cm³/mol. The largest absolute Gasteiger partial charge is 0.490 e. The highest BCUT2D eigenvalue weighted by molar-refractivity contribution is 7.89. The van der Waals surface area contributed by atoms with Gasteiger partial charge in [-0.3, -0.25) is 9.69 Å². The van der Waals surface area contributed by atoms with E-state index in [-0.39, 0.29) is 36.0 Å². The Bertz CT molecular complexity index is 784. The topological polar surface area (TPSA) is 85.4 Å². The minimum absolute atomic E-state index is 0.156. The first-order chi connectivity index (χ1) is 14.4. The molecule has 2 aliphatic heterocycles. The molecule has 9 heteroatoms. The highest BCUT2D eigenvalue weighted by Crippen LogP contribution is 2.21. The fraction of sp³-hybridized carbons (Fsp3) is 0.667. The van der Waals surface area contributed by atoms with E-state index in [1.807, 2.05) is 13.8 Å². The molecule has 0 aliphatic carbocycles. The van der Waals surface area contributed by atoms with Crippen molar-refractivity contribution in [3.63, 3.8) is 0 Å². The summed E-state index contributed by atoms with van der Waals surface area (Å²) in [4.78, 5) is 14.9. The van der Waals surface area contributed by atoms with Crippen LogP contribution in [0.2, 0.25) is 0 Å². The van der Waals surface area contributed by atoms with Gasteiger partial charge in [-0.2, -0.15) is 4.31 Å². The van der Waals surface area contributed by atoms with Gasteiger partial charge >= 0.3 is 5.97 Å². The molecule has 8 nitrogen and oxygen atoms in total. The highest BCUT2D eigenvalue weighted by Gasteiger charge is 2.32. The summed E-state index contributed by atoms with van der Waals surface area (Å²) in [5.74, 6) is 0.520. The quantitative estimate of drug-likeness (QED) is 0.427. The molecule has 2 saturated heterocycles. The van der Waals surface area contributed by atoms with Crippen molar-refractivity contribution in [2.24, 2.45) is 5.92 Å². The lowest BCUT2D eigenvalue weighted by atomic mass is 10.0. The maximum Gasteiger partial charge on any atom is 0.323 e. The highest BCUT2D eigenvalue weighted by atomic mass is 32.2. The van der Waals surface area contributed by atoms with Crippen LogP contribution in [0.15, 0.2) is 29.2 Å². The Kier molecular flexibility index (Phi) is 8.10. The summed E-state index contributed by atoms with van der Waals surface area (Å²) >= 11 is 0. The number of esters is 1. The summed E-state index contributed by atoms with van der Waals surface area (Å²) in [5.41, 5.74) is 0. The van der Waals surface area contributed by atoms with Crippen LogP contribution in [0, 0.1) is 5.92 Å². The second-order valence-corrected chi connectivity index (χ2v) is 9.87. The van der Waals surface area contributed by atoms with Gasteiger partial charge < -0.3 is 14.2 Å². The Morgan fingerprint density at radius 1 is 1.03 bits per heavy atom. The third-order valence-corrected chi connectivity index (χ3v) is 7.35. The molecule has 3 rings (SSSR count). The van der Waals surface area contributed by atoms with E-state index in [2.05, 4.69) is 4.90 Å². The first-order valence-electron chi connectivity index (χ1n) is 10.6. The third kappa shape index (κ3) is 5.72. The maximum atomic E-state index is 12.6. The number of carbonyl (C=O) groups excluding carboxylic acids is 1. The van der Waals surface area contributed by atoms with Crippen LogP contribution in [0.3, 0.4) is 0 Å². The number of carbonyl (C=O) groups is 1. The number of rotatable bonds is 9. The van der Waals surface area contributed by atoms with Crippen LogP contribution in [-0.4, -0.2) is 82.2 Å². The molecule has 30 heavy (non-hydrogen) atoms. The Balaban J connectivity index is 1.46. The van der Waals surface area contributed by atoms with E-state index in [0.29, 0.717) is 32.1 Å². The van der Waals surface area contributed by atoms with E-state index >= 15 is 0 Å². The smallest absolute Gasteiger partial charge is 0.323 e. The molecule has 0 unspecified atom stereocenters. The van der Waals surface area contributed by atoms with E-state index in [4.69, 9.17) is 14.2 Å². The minimum Gasteiger partial charge on any atom is -0.490 e. The molecule has 0 N–H and O–H groups in total. The van der Waals surface area contributed by atoms with E-state index in [0.717, 1.165) is 25.9 Å². The Morgan fingerprint density at radius 3 is 2.27 bits per heavy atom. The van der Waals surface area contributed by atoms with Gasteiger partial charge in [-0.15, -0.1) is 0 Å². The normalized spacial score (nSPS) is 19.7. The van der Waals surface area contributed by atoms with Crippen molar-refractivity contribution in [3.8, 4) is 5.75 Å². The first-order valence-corrected chi connectivity index (χ1v) is 12.0. The summed E-state index contributed by atoms with van der Waals surface area (Å²) in [6.45, 7) is 7.86. The van der Waals surface area contributed by atoms with E-state index in [1.165, 1.54) is 16.4 Å². The van der Waals surface area contributed by atoms with Crippen molar-refractivity contribution in [1.29, 1.82) is 0 Å². The van der Waals surface area contributed by atoms with Gasteiger partial charge in [-0.25, -0.2) is 8.42 Å². The molecule has 0 saturated carbocycles. The number of benzene rings is 1. The summed E-state index contributed by atoms with van der Waals surface area (Å²) in [6.07, 6.45) is 2.24. The molecule has 0 bridgehead atoms. The Labute approximate surface area is 179 Å². The Morgan fingerprint density at radius 2 is 1.67 bits per heavy atom. The molecule has 0 amide bonds. The van der Waals surface area contributed by atoms with Crippen molar-refractivity contribution in [2.75, 3.05) is 52.6 Å². The van der Waals surface area contributed by atoms with Crippen LogP contribution in [0.25, 0.3) is 0 Å².